The van der Waals surface area contributed by atoms with Crippen molar-refractivity contribution in [2.75, 3.05) is 0 Å². The van der Waals surface area contributed by atoms with Crippen LogP contribution in [-0.2, 0) is 11.3 Å². The molecule has 2 rings (SSSR count). The molecule has 0 aromatic heterocycles. The van der Waals surface area contributed by atoms with Crippen LogP contribution in [0, 0.1) is 6.92 Å². The van der Waals surface area contributed by atoms with Gasteiger partial charge in [-0.15, -0.1) is 0 Å². The topological polar surface area (TPSA) is 38.3 Å². The van der Waals surface area contributed by atoms with E-state index in [9.17, 15) is 4.79 Å². The predicted octanol–water partition coefficient (Wildman–Crippen LogP) is 3.73. The molecule has 0 heterocycles. The zero-order chi connectivity index (χ0) is 15.2. The van der Waals surface area contributed by atoms with E-state index < -0.39 is 6.10 Å². The maximum absolute atomic E-state index is 12.0. The van der Waals surface area contributed by atoms with E-state index in [4.69, 9.17) is 16.3 Å². The van der Waals surface area contributed by atoms with Gasteiger partial charge in [0.25, 0.3) is 5.91 Å². The number of benzene rings is 2. The molecule has 21 heavy (non-hydrogen) atoms. The second-order valence-corrected chi connectivity index (χ2v) is 5.28. The summed E-state index contributed by atoms with van der Waals surface area (Å²) in [7, 11) is 0. The Balaban J connectivity index is 1.88. The third-order valence-electron chi connectivity index (χ3n) is 3.12. The molecule has 0 saturated carbocycles. The molecule has 0 spiro atoms. The molecule has 4 heteroatoms. The van der Waals surface area contributed by atoms with Crippen LogP contribution < -0.4 is 10.1 Å². The van der Waals surface area contributed by atoms with Crippen LogP contribution in [0.4, 0.5) is 0 Å². The number of hydrogen-bond acceptors (Lipinski definition) is 2. The summed E-state index contributed by atoms with van der Waals surface area (Å²) in [6.45, 7) is 4.12. The quantitative estimate of drug-likeness (QED) is 0.914. The summed E-state index contributed by atoms with van der Waals surface area (Å²) in [5.74, 6) is 0.491. The standard InChI is InChI=1S/C17H18ClNO2/c1-12-10-15(8-9-16(12)18)21-13(2)17(20)19-11-14-6-4-3-5-7-14/h3-10,13H,11H2,1-2H3,(H,19,20)/t13-/m0/s1. The second-order valence-electron chi connectivity index (χ2n) is 4.87. The number of carbonyl (C=O) groups is 1. The summed E-state index contributed by atoms with van der Waals surface area (Å²) in [5.41, 5.74) is 1.98. The highest BCUT2D eigenvalue weighted by molar-refractivity contribution is 6.31. The normalized spacial score (nSPS) is 11.8. The van der Waals surface area contributed by atoms with Crippen LogP contribution in [-0.4, -0.2) is 12.0 Å². The summed E-state index contributed by atoms with van der Waals surface area (Å²) < 4.78 is 5.63. The van der Waals surface area contributed by atoms with Gasteiger partial charge in [-0.25, -0.2) is 0 Å². The molecular formula is C17H18ClNO2. The molecule has 0 bridgehead atoms. The average Bonchev–Trinajstić information content (AvgIpc) is 2.49. The van der Waals surface area contributed by atoms with Gasteiger partial charge in [-0.1, -0.05) is 41.9 Å². The first-order valence-corrected chi connectivity index (χ1v) is 7.18. The van der Waals surface area contributed by atoms with E-state index in [1.807, 2.05) is 43.3 Å². The molecule has 3 nitrogen and oxygen atoms in total. The van der Waals surface area contributed by atoms with Crippen LogP contribution in [0.25, 0.3) is 0 Å². The fraction of sp³-hybridized carbons (Fsp3) is 0.235. The summed E-state index contributed by atoms with van der Waals surface area (Å²) in [4.78, 5) is 12.0. The van der Waals surface area contributed by atoms with Gasteiger partial charge in [0.05, 0.1) is 0 Å². The Bertz CT molecular complexity index is 613. The molecular weight excluding hydrogens is 286 g/mol. The predicted molar refractivity (Wildman–Crippen MR) is 84.6 cm³/mol. The van der Waals surface area contributed by atoms with E-state index in [0.717, 1.165) is 11.1 Å². The van der Waals surface area contributed by atoms with Gasteiger partial charge in [-0.05, 0) is 43.2 Å². The van der Waals surface area contributed by atoms with Gasteiger partial charge in [0.1, 0.15) is 5.75 Å². The van der Waals surface area contributed by atoms with Crippen molar-refractivity contribution < 1.29 is 9.53 Å². The summed E-state index contributed by atoms with van der Waals surface area (Å²) in [6, 6.07) is 15.1. The molecule has 1 N–H and O–H groups in total. The van der Waals surface area contributed by atoms with Crippen LogP contribution in [0.1, 0.15) is 18.1 Å². The van der Waals surface area contributed by atoms with Crippen LogP contribution in [0.5, 0.6) is 5.75 Å². The molecule has 0 unspecified atom stereocenters. The van der Waals surface area contributed by atoms with E-state index in [2.05, 4.69) is 5.32 Å². The van der Waals surface area contributed by atoms with Crippen LogP contribution in [0.15, 0.2) is 48.5 Å². The van der Waals surface area contributed by atoms with Crippen molar-refractivity contribution in [1.29, 1.82) is 0 Å². The minimum absolute atomic E-state index is 0.147. The molecule has 1 amide bonds. The highest BCUT2D eigenvalue weighted by Crippen LogP contribution is 2.21. The third-order valence-corrected chi connectivity index (χ3v) is 3.55. The van der Waals surface area contributed by atoms with E-state index in [1.165, 1.54) is 0 Å². The Morgan fingerprint density at radius 3 is 2.62 bits per heavy atom. The maximum Gasteiger partial charge on any atom is 0.261 e. The van der Waals surface area contributed by atoms with Gasteiger partial charge >= 0.3 is 0 Å². The number of hydrogen-bond donors (Lipinski definition) is 1. The first-order valence-electron chi connectivity index (χ1n) is 6.80. The van der Waals surface area contributed by atoms with E-state index >= 15 is 0 Å². The number of amides is 1. The largest absolute Gasteiger partial charge is 0.481 e. The third kappa shape index (κ3) is 4.50. The molecule has 110 valence electrons. The Morgan fingerprint density at radius 2 is 1.95 bits per heavy atom. The second kappa shape index (κ2) is 7.14. The van der Waals surface area contributed by atoms with E-state index in [1.54, 1.807) is 19.1 Å². The molecule has 2 aromatic rings. The molecule has 0 aliphatic carbocycles. The van der Waals surface area contributed by atoms with Gasteiger partial charge < -0.3 is 10.1 Å². The van der Waals surface area contributed by atoms with E-state index in [0.29, 0.717) is 17.3 Å². The van der Waals surface area contributed by atoms with Crippen molar-refractivity contribution in [2.45, 2.75) is 26.5 Å². The lowest BCUT2D eigenvalue weighted by Crippen LogP contribution is -2.35. The maximum atomic E-state index is 12.0. The number of halogens is 1. The first-order chi connectivity index (χ1) is 10.1. The highest BCUT2D eigenvalue weighted by atomic mass is 35.5. The monoisotopic (exact) mass is 303 g/mol. The zero-order valence-electron chi connectivity index (χ0n) is 12.1. The molecule has 0 fully saturated rings. The lowest BCUT2D eigenvalue weighted by molar-refractivity contribution is -0.127. The number of ether oxygens (including phenoxy) is 1. The Morgan fingerprint density at radius 1 is 1.24 bits per heavy atom. The van der Waals surface area contributed by atoms with Gasteiger partial charge in [-0.2, -0.15) is 0 Å². The zero-order valence-corrected chi connectivity index (χ0v) is 12.9. The number of carbonyl (C=O) groups excluding carboxylic acids is 1. The summed E-state index contributed by atoms with van der Waals surface area (Å²) in [5, 5.41) is 3.54. The number of aryl methyl sites for hydroxylation is 1. The average molecular weight is 304 g/mol. The Labute approximate surface area is 129 Å². The molecule has 0 saturated heterocycles. The van der Waals surface area contributed by atoms with Gasteiger partial charge in [0.2, 0.25) is 0 Å². The Kier molecular flexibility index (Phi) is 5.23. The molecule has 2 aromatic carbocycles. The van der Waals surface area contributed by atoms with Crippen molar-refractivity contribution in [2.24, 2.45) is 0 Å². The number of rotatable bonds is 5. The molecule has 0 aliphatic heterocycles. The fourth-order valence-corrected chi connectivity index (χ4v) is 1.99. The van der Waals surface area contributed by atoms with Crippen molar-refractivity contribution in [3.05, 3.63) is 64.7 Å². The van der Waals surface area contributed by atoms with Crippen LogP contribution >= 0.6 is 11.6 Å². The lowest BCUT2D eigenvalue weighted by Gasteiger charge is -2.15. The minimum Gasteiger partial charge on any atom is -0.481 e. The fourth-order valence-electron chi connectivity index (χ4n) is 1.88. The molecule has 0 radical (unpaired) electrons. The van der Waals surface area contributed by atoms with Crippen molar-refractivity contribution >= 4 is 17.5 Å². The van der Waals surface area contributed by atoms with Gasteiger partial charge in [0, 0.05) is 11.6 Å². The first kappa shape index (κ1) is 15.4. The lowest BCUT2D eigenvalue weighted by atomic mass is 10.2. The Hall–Kier alpha value is -2.00. The SMILES string of the molecule is Cc1cc(O[C@@H](C)C(=O)NCc2ccccc2)ccc1Cl. The highest BCUT2D eigenvalue weighted by Gasteiger charge is 2.14. The minimum atomic E-state index is -0.561. The smallest absolute Gasteiger partial charge is 0.261 e. The molecule has 1 atom stereocenters. The van der Waals surface area contributed by atoms with Gasteiger partial charge in [0.15, 0.2) is 6.10 Å². The molecule has 0 aliphatic rings. The van der Waals surface area contributed by atoms with E-state index in [-0.39, 0.29) is 5.91 Å². The van der Waals surface area contributed by atoms with Crippen molar-refractivity contribution in [1.82, 2.24) is 5.32 Å². The van der Waals surface area contributed by atoms with Crippen molar-refractivity contribution in [3.63, 3.8) is 0 Å². The number of nitrogens with one attached hydrogen (secondary N) is 1. The van der Waals surface area contributed by atoms with Crippen molar-refractivity contribution in [3.8, 4) is 5.75 Å². The van der Waals surface area contributed by atoms with Gasteiger partial charge in [-0.3, -0.25) is 4.79 Å². The van der Waals surface area contributed by atoms with Crippen LogP contribution in [0.3, 0.4) is 0 Å². The summed E-state index contributed by atoms with van der Waals surface area (Å²) in [6.07, 6.45) is -0.561. The summed E-state index contributed by atoms with van der Waals surface area (Å²) >= 11 is 5.96. The van der Waals surface area contributed by atoms with Crippen LogP contribution in [0.2, 0.25) is 5.02 Å².